The van der Waals surface area contributed by atoms with E-state index in [9.17, 15) is 14.7 Å². The van der Waals surface area contributed by atoms with E-state index in [0.29, 0.717) is 12.2 Å². The third-order valence-corrected chi connectivity index (χ3v) is 3.34. The number of likely N-dealkylation sites (tertiary alicyclic amines) is 1. The van der Waals surface area contributed by atoms with Gasteiger partial charge in [-0.15, -0.1) is 0 Å². The van der Waals surface area contributed by atoms with E-state index >= 15 is 0 Å². The van der Waals surface area contributed by atoms with Gasteiger partial charge < -0.3 is 15.3 Å². The number of rotatable bonds is 3. The molecule has 7 nitrogen and oxygen atoms in total. The zero-order valence-corrected chi connectivity index (χ0v) is 11.9. The normalized spacial score (nSPS) is 22.4. The molecule has 0 spiro atoms. The molecule has 1 aliphatic heterocycles. The number of nitrogens with zero attached hydrogens (tertiary/aromatic N) is 3. The number of aromatic nitrogens is 2. The summed E-state index contributed by atoms with van der Waals surface area (Å²) in [6.07, 6.45) is 0.851. The molecule has 2 N–H and O–H groups in total. The van der Waals surface area contributed by atoms with E-state index in [2.05, 4.69) is 10.4 Å². The molecule has 1 aromatic heterocycles. The molecule has 2 amide bonds. The average molecular weight is 280 g/mol. The SMILES string of the molecule is CC(=O)N[C@@H]1CN(C(=O)c2ccnn2C(C)C)C[C@H]1O. The van der Waals surface area contributed by atoms with Gasteiger partial charge in [-0.25, -0.2) is 0 Å². The van der Waals surface area contributed by atoms with Crippen molar-refractivity contribution in [1.82, 2.24) is 20.0 Å². The van der Waals surface area contributed by atoms with Gasteiger partial charge in [-0.1, -0.05) is 0 Å². The monoisotopic (exact) mass is 280 g/mol. The lowest BCUT2D eigenvalue weighted by atomic mass is 10.2. The number of amides is 2. The molecule has 0 saturated carbocycles. The van der Waals surface area contributed by atoms with E-state index in [0.717, 1.165) is 0 Å². The van der Waals surface area contributed by atoms with Gasteiger partial charge in [0, 0.05) is 32.3 Å². The molecule has 1 aliphatic rings. The molecule has 0 aliphatic carbocycles. The highest BCUT2D eigenvalue weighted by Gasteiger charge is 2.35. The number of carbonyl (C=O) groups excluding carboxylic acids is 2. The highest BCUT2D eigenvalue weighted by atomic mass is 16.3. The third kappa shape index (κ3) is 2.82. The molecule has 0 bridgehead atoms. The van der Waals surface area contributed by atoms with Crippen LogP contribution in [-0.2, 0) is 4.79 Å². The molecule has 7 heteroatoms. The maximum atomic E-state index is 12.5. The quantitative estimate of drug-likeness (QED) is 0.801. The van der Waals surface area contributed by atoms with E-state index in [-0.39, 0.29) is 24.4 Å². The largest absolute Gasteiger partial charge is 0.389 e. The Kier molecular flexibility index (Phi) is 4.08. The van der Waals surface area contributed by atoms with Crippen molar-refractivity contribution in [3.05, 3.63) is 18.0 Å². The second-order valence-corrected chi connectivity index (χ2v) is 5.34. The molecule has 1 saturated heterocycles. The Morgan fingerprint density at radius 2 is 2.15 bits per heavy atom. The highest BCUT2D eigenvalue weighted by Crippen LogP contribution is 2.16. The van der Waals surface area contributed by atoms with Crippen LogP contribution in [0.3, 0.4) is 0 Å². The van der Waals surface area contributed by atoms with Crippen LogP contribution in [0.1, 0.15) is 37.3 Å². The van der Waals surface area contributed by atoms with Crippen molar-refractivity contribution in [2.75, 3.05) is 13.1 Å². The highest BCUT2D eigenvalue weighted by molar-refractivity contribution is 5.93. The van der Waals surface area contributed by atoms with Crippen LogP contribution < -0.4 is 5.32 Å². The van der Waals surface area contributed by atoms with Gasteiger partial charge in [-0.3, -0.25) is 14.3 Å². The minimum Gasteiger partial charge on any atom is -0.389 e. The molecule has 1 fully saturated rings. The summed E-state index contributed by atoms with van der Waals surface area (Å²) >= 11 is 0. The van der Waals surface area contributed by atoms with Crippen molar-refractivity contribution < 1.29 is 14.7 Å². The van der Waals surface area contributed by atoms with Crippen molar-refractivity contribution in [3.8, 4) is 0 Å². The van der Waals surface area contributed by atoms with Crippen LogP contribution in [0.5, 0.6) is 0 Å². The van der Waals surface area contributed by atoms with Gasteiger partial charge >= 0.3 is 0 Å². The fraction of sp³-hybridized carbons (Fsp3) is 0.615. The average Bonchev–Trinajstić information content (AvgIpc) is 2.95. The van der Waals surface area contributed by atoms with Crippen LogP contribution in [0.25, 0.3) is 0 Å². The third-order valence-electron chi connectivity index (χ3n) is 3.34. The molecule has 2 rings (SSSR count). The van der Waals surface area contributed by atoms with Gasteiger partial charge in [-0.2, -0.15) is 5.10 Å². The van der Waals surface area contributed by atoms with E-state index in [1.807, 2.05) is 13.8 Å². The van der Waals surface area contributed by atoms with Gasteiger partial charge in [0.15, 0.2) is 0 Å². The van der Waals surface area contributed by atoms with E-state index in [1.165, 1.54) is 6.92 Å². The van der Waals surface area contributed by atoms with Gasteiger partial charge in [-0.05, 0) is 19.9 Å². The van der Waals surface area contributed by atoms with Crippen molar-refractivity contribution in [1.29, 1.82) is 0 Å². The summed E-state index contributed by atoms with van der Waals surface area (Å²) in [6, 6.07) is 1.34. The second-order valence-electron chi connectivity index (χ2n) is 5.34. The van der Waals surface area contributed by atoms with Crippen LogP contribution in [0.15, 0.2) is 12.3 Å². The molecular formula is C13H20N4O3. The predicted molar refractivity (Wildman–Crippen MR) is 72.1 cm³/mol. The first kappa shape index (κ1) is 14.5. The minimum atomic E-state index is -0.738. The maximum Gasteiger partial charge on any atom is 0.272 e. The molecular weight excluding hydrogens is 260 g/mol. The van der Waals surface area contributed by atoms with E-state index in [1.54, 1.807) is 21.8 Å². The smallest absolute Gasteiger partial charge is 0.272 e. The summed E-state index contributed by atoms with van der Waals surface area (Å²) in [5, 5.41) is 16.7. The first-order valence-electron chi connectivity index (χ1n) is 6.68. The number of β-amino-alcohol motifs (C(OH)–C–C–N with tert-alkyl or cyclic N) is 1. The summed E-state index contributed by atoms with van der Waals surface area (Å²) in [6.45, 7) is 5.81. The summed E-state index contributed by atoms with van der Waals surface area (Å²) < 4.78 is 1.65. The number of hydrogen-bond acceptors (Lipinski definition) is 4. The summed E-state index contributed by atoms with van der Waals surface area (Å²) in [7, 11) is 0. The molecule has 0 unspecified atom stereocenters. The number of hydrogen-bond donors (Lipinski definition) is 2. The Morgan fingerprint density at radius 1 is 1.45 bits per heavy atom. The minimum absolute atomic E-state index is 0.0858. The summed E-state index contributed by atoms with van der Waals surface area (Å²) in [4.78, 5) is 25.0. The van der Waals surface area contributed by atoms with Gasteiger partial charge in [0.25, 0.3) is 5.91 Å². The van der Waals surface area contributed by atoms with Crippen LogP contribution in [0, 0.1) is 0 Å². The topological polar surface area (TPSA) is 87.5 Å². The van der Waals surface area contributed by atoms with Gasteiger partial charge in [0.2, 0.25) is 5.91 Å². The Morgan fingerprint density at radius 3 is 2.75 bits per heavy atom. The molecule has 2 heterocycles. The zero-order valence-electron chi connectivity index (χ0n) is 11.9. The number of nitrogens with one attached hydrogen (secondary N) is 1. The lowest BCUT2D eigenvalue weighted by molar-refractivity contribution is -0.120. The lowest BCUT2D eigenvalue weighted by Crippen LogP contribution is -2.42. The van der Waals surface area contributed by atoms with E-state index < -0.39 is 12.1 Å². The summed E-state index contributed by atoms with van der Waals surface area (Å²) in [5.41, 5.74) is 0.496. The Balaban J connectivity index is 2.11. The van der Waals surface area contributed by atoms with Gasteiger partial charge in [0.05, 0.1) is 12.1 Å². The first-order chi connectivity index (χ1) is 9.40. The molecule has 110 valence electrons. The Hall–Kier alpha value is -1.89. The molecule has 1 aromatic rings. The van der Waals surface area contributed by atoms with Crippen molar-refractivity contribution >= 4 is 11.8 Å². The summed E-state index contributed by atoms with van der Waals surface area (Å²) in [5.74, 6) is -0.390. The zero-order chi connectivity index (χ0) is 14.9. The van der Waals surface area contributed by atoms with Crippen molar-refractivity contribution in [2.24, 2.45) is 0 Å². The number of aliphatic hydroxyl groups excluding tert-OH is 1. The van der Waals surface area contributed by atoms with Crippen molar-refractivity contribution in [2.45, 2.75) is 39.0 Å². The standard InChI is InChI=1S/C13H20N4O3/c1-8(2)17-11(4-5-14-17)13(20)16-6-10(12(19)7-16)15-9(3)18/h4-5,8,10,12,19H,6-7H2,1-3H3,(H,15,18)/t10-,12-/m1/s1. The first-order valence-corrected chi connectivity index (χ1v) is 6.68. The van der Waals surface area contributed by atoms with Crippen LogP contribution in [0.4, 0.5) is 0 Å². The molecule has 0 radical (unpaired) electrons. The Bertz CT molecular complexity index is 511. The lowest BCUT2D eigenvalue weighted by Gasteiger charge is -2.18. The van der Waals surface area contributed by atoms with Crippen LogP contribution in [0.2, 0.25) is 0 Å². The van der Waals surface area contributed by atoms with Gasteiger partial charge in [0.1, 0.15) is 5.69 Å². The van der Waals surface area contributed by atoms with Crippen LogP contribution in [-0.4, -0.2) is 56.8 Å². The molecule has 2 atom stereocenters. The fourth-order valence-corrected chi connectivity index (χ4v) is 2.41. The molecule has 0 aromatic carbocycles. The number of carbonyl (C=O) groups is 2. The number of aliphatic hydroxyl groups is 1. The van der Waals surface area contributed by atoms with Crippen LogP contribution >= 0.6 is 0 Å². The van der Waals surface area contributed by atoms with Crippen molar-refractivity contribution in [3.63, 3.8) is 0 Å². The second kappa shape index (κ2) is 5.62. The molecule has 20 heavy (non-hydrogen) atoms. The fourth-order valence-electron chi connectivity index (χ4n) is 2.41. The predicted octanol–water partition coefficient (Wildman–Crippen LogP) is -0.215. The Labute approximate surface area is 117 Å². The van der Waals surface area contributed by atoms with E-state index in [4.69, 9.17) is 0 Å². The maximum absolute atomic E-state index is 12.5.